The molecule has 0 aromatic heterocycles. The topological polar surface area (TPSA) is 315 Å². The zero-order valence-electron chi connectivity index (χ0n) is 62.7. The van der Waals surface area contributed by atoms with Crippen LogP contribution >= 0.6 is 0 Å². The molecule has 7 rings (SSSR count). The summed E-state index contributed by atoms with van der Waals surface area (Å²) in [6.07, 6.45) is -3.40. The van der Waals surface area contributed by atoms with E-state index in [1.165, 1.54) is 49.0 Å². The highest BCUT2D eigenvalue weighted by atomic mass is 19.4. The van der Waals surface area contributed by atoms with Crippen LogP contribution in [0.25, 0.3) is 0 Å². The highest BCUT2D eigenvalue weighted by molar-refractivity contribution is 6.01. The number of alkyl halides is 3. The van der Waals surface area contributed by atoms with Gasteiger partial charge in [0.2, 0.25) is 70.9 Å². The molecular formula is C73H107F5N12O16. The second-order valence-electron chi connectivity index (χ2n) is 28.8. The molecule has 33 heteroatoms. The van der Waals surface area contributed by atoms with E-state index in [1.807, 2.05) is 0 Å². The number of rotatable bonds is 15. The van der Waals surface area contributed by atoms with E-state index in [-0.39, 0.29) is 96.8 Å². The van der Waals surface area contributed by atoms with Crippen molar-refractivity contribution < 1.29 is 98.5 Å². The van der Waals surface area contributed by atoms with E-state index in [4.69, 9.17) is 14.2 Å². The third-order valence-electron chi connectivity index (χ3n) is 21.8. The summed E-state index contributed by atoms with van der Waals surface area (Å²) in [7, 11) is 6.63. The van der Waals surface area contributed by atoms with Crippen LogP contribution in [0.4, 0.5) is 22.0 Å². The van der Waals surface area contributed by atoms with Crippen LogP contribution in [-0.4, -0.2) is 288 Å². The van der Waals surface area contributed by atoms with Crippen molar-refractivity contribution in [1.82, 2.24) is 60.0 Å². The van der Waals surface area contributed by atoms with E-state index < -0.39 is 211 Å². The average molecular weight is 1500 g/mol. The molecule has 2 bridgehead atoms. The largest absolute Gasteiger partial charge is 0.461 e. The second-order valence-corrected chi connectivity index (χ2v) is 28.8. The molecule has 1 spiro atoms. The van der Waals surface area contributed by atoms with Gasteiger partial charge >= 0.3 is 12.1 Å². The van der Waals surface area contributed by atoms with Gasteiger partial charge in [0.15, 0.2) is 0 Å². The molecule has 12 amide bonds. The summed E-state index contributed by atoms with van der Waals surface area (Å²) in [6, 6.07) is -10.7. The van der Waals surface area contributed by atoms with Crippen molar-refractivity contribution in [3.63, 3.8) is 0 Å². The van der Waals surface area contributed by atoms with E-state index >= 15 is 47.1 Å². The minimum atomic E-state index is -5.44. The first-order chi connectivity index (χ1) is 50.2. The minimum absolute atomic E-state index is 0.00641. The number of ether oxygens (including phenoxy) is 3. The Labute approximate surface area is 616 Å². The van der Waals surface area contributed by atoms with E-state index in [9.17, 15) is 37.1 Å². The maximum atomic E-state index is 15.8. The Kier molecular flexibility index (Phi) is 30.4. The number of halogens is 5. The predicted molar refractivity (Wildman–Crippen MR) is 373 cm³/mol. The summed E-state index contributed by atoms with van der Waals surface area (Å²) in [5.74, 6) is -15.6. The molecule has 28 nitrogen and oxygen atoms in total. The number of morpholine rings is 1. The first-order valence-electron chi connectivity index (χ1n) is 37.1. The van der Waals surface area contributed by atoms with Crippen molar-refractivity contribution in [2.24, 2.45) is 11.8 Å². The molecule has 2 saturated carbocycles. The maximum Gasteiger partial charge on any atom is 0.422 e. The number of esters is 1. The lowest BCUT2D eigenvalue weighted by Gasteiger charge is -2.47. The Morgan fingerprint density at radius 3 is 1.94 bits per heavy atom. The van der Waals surface area contributed by atoms with Crippen molar-refractivity contribution >= 4 is 76.9 Å². The molecule has 3 N–H and O–H groups in total. The second kappa shape index (κ2) is 37.9. The van der Waals surface area contributed by atoms with Crippen LogP contribution in [0.2, 0.25) is 0 Å². The van der Waals surface area contributed by atoms with Gasteiger partial charge in [0.25, 0.3) is 0 Å². The highest BCUT2D eigenvalue weighted by Gasteiger charge is 2.54. The van der Waals surface area contributed by atoms with Crippen LogP contribution in [0.1, 0.15) is 155 Å². The van der Waals surface area contributed by atoms with E-state index in [0.29, 0.717) is 69.9 Å². The lowest BCUT2D eigenvalue weighted by Crippen LogP contribution is -2.68. The van der Waals surface area contributed by atoms with Crippen molar-refractivity contribution in [2.75, 3.05) is 107 Å². The van der Waals surface area contributed by atoms with Crippen LogP contribution in [0.5, 0.6) is 0 Å². The standard InChI is InChI=1S/C73H107F5N12O16/c1-12-33-106-59(94)40-55-66(98)82(7)42-56(91)79-50(27-26-45-36-48(74)60(49(75)37-45)73(76,77)78)65(97)90-41-47(105-16-5)38-53(90)64(96)81-72(28-22-29-72)71(103)86(11)62(46-23-19-20-24-46)70(102)88(15-4)54(67(99)87-31-34-104-35-32-87)39-57(92)84(9)51(14-3)63(95)80-61(44(6)13-2)69(101)83(8)43-58(93)85(10)52-25-18-17-21-30-89(55)68(52)100/h12,36-37,44,46-47,50-55,61-62H,1,13-35,38-43H2,2-11H3,(H,79,91)(H,80,95)(H,81,96)/t44-,47+,50-,51-,52-,53-,54-,55-,61-,62-/m0/s1. The van der Waals surface area contributed by atoms with Crippen LogP contribution in [0, 0.1) is 23.5 Å². The summed E-state index contributed by atoms with van der Waals surface area (Å²) < 4.78 is 88.8. The van der Waals surface area contributed by atoms with Gasteiger partial charge in [-0.05, 0) is 108 Å². The molecule has 590 valence electrons. The number of carbonyl (C=O) groups excluding carboxylic acids is 13. The molecule has 4 aliphatic heterocycles. The number of nitrogens with zero attached hydrogens (tertiary/aromatic N) is 9. The number of fused-ring (bicyclic) bond motifs is 3. The van der Waals surface area contributed by atoms with Crippen LogP contribution in [0.15, 0.2) is 24.8 Å². The normalized spacial score (nSPS) is 26.8. The number of aryl methyl sites for hydroxylation is 1. The van der Waals surface area contributed by atoms with E-state index in [2.05, 4.69) is 22.5 Å². The van der Waals surface area contributed by atoms with Gasteiger partial charge < -0.3 is 74.3 Å². The number of hydrogen-bond acceptors (Lipinski definition) is 16. The van der Waals surface area contributed by atoms with Gasteiger partial charge in [-0.15, -0.1) is 0 Å². The smallest absolute Gasteiger partial charge is 0.422 e. The molecule has 10 atom stereocenters. The van der Waals surface area contributed by atoms with Crippen molar-refractivity contribution in [3.05, 3.63) is 47.5 Å². The Bertz CT molecular complexity index is 3360. The van der Waals surface area contributed by atoms with Crippen LogP contribution in [-0.2, 0) is 89.1 Å². The predicted octanol–water partition coefficient (Wildman–Crippen LogP) is 3.34. The average Bonchev–Trinajstić information content (AvgIpc) is 1.15. The fourth-order valence-electron chi connectivity index (χ4n) is 15.4. The number of benzene rings is 1. The van der Waals surface area contributed by atoms with E-state index in [0.717, 1.165) is 36.4 Å². The third kappa shape index (κ3) is 20.3. The first-order valence-corrected chi connectivity index (χ1v) is 37.1. The third-order valence-corrected chi connectivity index (χ3v) is 21.8. The van der Waals surface area contributed by atoms with Gasteiger partial charge in [-0.1, -0.05) is 65.5 Å². The number of carbonyl (C=O) groups is 13. The lowest BCUT2D eigenvalue weighted by atomic mass is 9.74. The molecule has 6 fully saturated rings. The first kappa shape index (κ1) is 84.9. The molecule has 106 heavy (non-hydrogen) atoms. The Hall–Kier alpha value is -8.36. The van der Waals surface area contributed by atoms with Crippen molar-refractivity contribution in [3.8, 4) is 0 Å². The Morgan fingerprint density at radius 1 is 0.717 bits per heavy atom. The molecule has 0 unspecified atom stereocenters. The molecule has 4 heterocycles. The SMILES string of the molecule is C=CCOC(=O)C[C@H]1C(=O)N(C)CC(=O)N[C@@H](CCc2cc(F)c(C(F)(F)F)c(F)c2)C(=O)N2C[C@H](OCC)C[C@H]2C(=O)NC2(CCC2)C(=O)N(C)[C@@H](C2CCCC2)C(=O)N(CC)[C@H](C(=O)N2CCOCC2)CC(=O)N(C)[C@@H](CC)C(=O)N[C@@H]([C@@H](C)CC)C(=O)N(C)CC(=O)N(C)[C@H]2CCCCCN1C2=O. The van der Waals surface area contributed by atoms with Gasteiger partial charge in [-0.3, -0.25) is 62.3 Å². The maximum absolute atomic E-state index is 15.8. The zero-order chi connectivity index (χ0) is 78.2. The van der Waals surface area contributed by atoms with Gasteiger partial charge in [0, 0.05) is 81.0 Å². The van der Waals surface area contributed by atoms with Gasteiger partial charge in [0.1, 0.15) is 77.7 Å². The zero-order valence-corrected chi connectivity index (χ0v) is 62.7. The Balaban J connectivity index is 1.34. The summed E-state index contributed by atoms with van der Waals surface area (Å²) in [5.41, 5.74) is -4.24. The Morgan fingerprint density at radius 2 is 1.36 bits per heavy atom. The monoisotopic (exact) mass is 1500 g/mol. The molecule has 2 aliphatic carbocycles. The molecular weight excluding hydrogens is 1400 g/mol. The molecule has 0 radical (unpaired) electrons. The molecule has 1 aromatic rings. The summed E-state index contributed by atoms with van der Waals surface area (Å²) >= 11 is 0. The summed E-state index contributed by atoms with van der Waals surface area (Å²) in [6.45, 7) is 10.1. The number of likely N-dealkylation sites (N-methyl/N-ethyl adjacent to an activating group) is 6. The molecule has 4 saturated heterocycles. The van der Waals surface area contributed by atoms with Crippen molar-refractivity contribution in [2.45, 2.75) is 216 Å². The van der Waals surface area contributed by atoms with Gasteiger partial charge in [0.05, 0.1) is 45.2 Å². The number of amides is 12. The molecule has 6 aliphatic rings. The van der Waals surface area contributed by atoms with Crippen LogP contribution < -0.4 is 16.0 Å². The highest BCUT2D eigenvalue weighted by Crippen LogP contribution is 2.39. The number of hydrogen-bond donors (Lipinski definition) is 3. The summed E-state index contributed by atoms with van der Waals surface area (Å²) in [5, 5.41) is 8.31. The van der Waals surface area contributed by atoms with E-state index in [1.54, 1.807) is 34.6 Å². The summed E-state index contributed by atoms with van der Waals surface area (Å²) in [4.78, 5) is 205. The van der Waals surface area contributed by atoms with Gasteiger partial charge in [-0.2, -0.15) is 13.2 Å². The van der Waals surface area contributed by atoms with Crippen LogP contribution in [0.3, 0.4) is 0 Å². The van der Waals surface area contributed by atoms with Crippen molar-refractivity contribution in [1.29, 1.82) is 0 Å². The minimum Gasteiger partial charge on any atom is -0.461 e. The quantitative estimate of drug-likeness (QED) is 0.129. The molecule has 1 aromatic carbocycles. The lowest BCUT2D eigenvalue weighted by molar-refractivity contribution is -0.159. The fourth-order valence-corrected chi connectivity index (χ4v) is 15.4. The number of nitrogens with one attached hydrogen (secondary N) is 3. The van der Waals surface area contributed by atoms with Gasteiger partial charge in [-0.25, -0.2) is 8.78 Å². The fraction of sp³-hybridized carbons (Fsp3) is 0.712.